The number of hydrogen-bond acceptors (Lipinski definition) is 7. The maximum absolute atomic E-state index is 10.2. The molecule has 2 saturated carbocycles. The monoisotopic (exact) mass is 479 g/mol. The van der Waals surface area contributed by atoms with Crippen LogP contribution < -0.4 is 10.1 Å². The van der Waals surface area contributed by atoms with Crippen LogP contribution in [0.3, 0.4) is 0 Å². The third kappa shape index (κ3) is 9.90. The summed E-state index contributed by atoms with van der Waals surface area (Å²) in [4.78, 5) is 10.2. The van der Waals surface area contributed by atoms with Crippen molar-refractivity contribution >= 4 is 5.97 Å². The fourth-order valence-corrected chi connectivity index (χ4v) is 5.31. The zero-order chi connectivity index (χ0) is 25.5. The van der Waals surface area contributed by atoms with Crippen molar-refractivity contribution in [3.63, 3.8) is 0 Å². The van der Waals surface area contributed by atoms with E-state index in [9.17, 15) is 4.79 Å². The number of fused-ring (bicyclic) bond motifs is 2. The maximum Gasteiger partial charge on any atom is 0.453 e. The van der Waals surface area contributed by atoms with E-state index in [-0.39, 0.29) is 23.4 Å². The molecule has 3 aliphatic rings. The predicted molar refractivity (Wildman–Crippen MR) is 132 cm³/mol. The van der Waals surface area contributed by atoms with Crippen molar-refractivity contribution in [1.82, 2.24) is 5.32 Å². The molecule has 0 amide bonds. The van der Waals surface area contributed by atoms with E-state index in [2.05, 4.69) is 12.2 Å². The fraction of sp³-hybridized carbons (Fsp3) is 0.741. The first-order valence-corrected chi connectivity index (χ1v) is 12.6. The van der Waals surface area contributed by atoms with Crippen LogP contribution in [-0.2, 0) is 9.53 Å². The Kier molecular flexibility index (Phi) is 10.4. The van der Waals surface area contributed by atoms with Crippen molar-refractivity contribution in [3.05, 3.63) is 29.3 Å². The number of nitrogens with one attached hydrogen (secondary N) is 1. The van der Waals surface area contributed by atoms with Gasteiger partial charge in [-0.25, -0.2) is 0 Å². The summed E-state index contributed by atoms with van der Waals surface area (Å²) in [6.07, 6.45) is 7.31. The Hall–Kier alpha value is -1.67. The second-order valence-electron chi connectivity index (χ2n) is 11.0. The highest BCUT2D eigenvalue weighted by Crippen LogP contribution is 2.41. The molecule has 34 heavy (non-hydrogen) atoms. The third-order valence-electron chi connectivity index (χ3n) is 6.77. The molecule has 7 nitrogen and oxygen atoms in total. The Balaban J connectivity index is 0.000000210. The molecular weight excluding hydrogens is 434 g/mol. The normalized spacial score (nSPS) is 26.0. The number of esters is 1. The summed E-state index contributed by atoms with van der Waals surface area (Å²) in [5.74, 6) is 2.88. The first kappa shape index (κ1) is 28.6. The molecule has 0 aromatic heterocycles. The molecule has 0 spiro atoms. The van der Waals surface area contributed by atoms with Gasteiger partial charge in [-0.15, -0.1) is 0 Å². The van der Waals surface area contributed by atoms with E-state index in [1.54, 1.807) is 44.2 Å². The number of carbonyl (C=O) groups excluding carboxylic acids is 1. The minimum atomic E-state index is -3.14. The maximum atomic E-state index is 10.2. The van der Waals surface area contributed by atoms with E-state index in [1.165, 1.54) is 13.3 Å². The van der Waals surface area contributed by atoms with Gasteiger partial charge in [-0.1, -0.05) is 51.2 Å². The molecule has 0 radical (unpaired) electrons. The topological polar surface area (TPSA) is 108 Å². The molecule has 1 aromatic rings. The van der Waals surface area contributed by atoms with Crippen molar-refractivity contribution in [2.24, 2.45) is 17.8 Å². The van der Waals surface area contributed by atoms with Crippen molar-refractivity contribution in [2.45, 2.75) is 104 Å². The quantitative estimate of drug-likeness (QED) is 0.372. The van der Waals surface area contributed by atoms with Gasteiger partial charge in [-0.2, -0.15) is 0 Å². The van der Waals surface area contributed by atoms with Crippen LogP contribution in [0.25, 0.3) is 0 Å². The third-order valence-corrected chi connectivity index (χ3v) is 6.77. The molecule has 3 fully saturated rings. The highest BCUT2D eigenvalue weighted by atomic mass is 16.9. The number of hydrogen-bond donors (Lipinski definition) is 4. The van der Waals surface area contributed by atoms with E-state index in [0.717, 1.165) is 35.9 Å². The molecule has 1 saturated heterocycles. The second-order valence-corrected chi connectivity index (χ2v) is 11.0. The van der Waals surface area contributed by atoms with E-state index in [0.29, 0.717) is 5.92 Å². The van der Waals surface area contributed by atoms with Gasteiger partial charge in [0, 0.05) is 13.0 Å². The van der Waals surface area contributed by atoms with Crippen LogP contribution in [0.1, 0.15) is 96.7 Å². The Morgan fingerprint density at radius 1 is 1.03 bits per heavy atom. The van der Waals surface area contributed by atoms with E-state index in [1.807, 2.05) is 33.8 Å². The SMILES string of the molecule is C1C[C@@H]2CC[C@H](C1)C2.CC(=O)OC(C)(C)C.Cc1c(OC(O)(O)O)cccc1[C@H]1NCC[C@H]1C. The smallest absolute Gasteiger partial charge is 0.453 e. The standard InChI is InChI=1S/C13H19NO4.C8H14.C6H12O2/c1-8-6-7-14-12(8)10-4-3-5-11(9(10)2)18-13(15,16)17;1-2-7-4-5-8(3-1)6-7;1-5(7)8-6(2,3)4/h3-5,8,12,14-17H,6-7H2,1-2H3;7-8H,1-6H2;1-4H3/t8-,12+;7-,8+;/m1../s1. The molecule has 1 aliphatic heterocycles. The highest BCUT2D eigenvalue weighted by Gasteiger charge is 2.29. The summed E-state index contributed by atoms with van der Waals surface area (Å²) < 4.78 is 9.51. The van der Waals surface area contributed by atoms with Gasteiger partial charge in [0.1, 0.15) is 11.4 Å². The van der Waals surface area contributed by atoms with Crippen LogP contribution in [0.2, 0.25) is 0 Å². The summed E-state index contributed by atoms with van der Waals surface area (Å²) in [5.41, 5.74) is 1.53. The van der Waals surface area contributed by atoms with Crippen molar-refractivity contribution < 1.29 is 29.6 Å². The minimum absolute atomic E-state index is 0.225. The zero-order valence-corrected chi connectivity index (χ0v) is 21.8. The fourth-order valence-electron chi connectivity index (χ4n) is 5.31. The summed E-state index contributed by atoms with van der Waals surface area (Å²) in [7, 11) is 0. The van der Waals surface area contributed by atoms with E-state index in [4.69, 9.17) is 24.8 Å². The summed E-state index contributed by atoms with van der Waals surface area (Å²) in [6, 6.07) is 5.58. The highest BCUT2D eigenvalue weighted by molar-refractivity contribution is 5.66. The van der Waals surface area contributed by atoms with Crippen LogP contribution in [0, 0.1) is 24.7 Å². The molecule has 2 aliphatic carbocycles. The van der Waals surface area contributed by atoms with Crippen LogP contribution in [0.4, 0.5) is 0 Å². The van der Waals surface area contributed by atoms with Crippen molar-refractivity contribution in [2.75, 3.05) is 6.54 Å². The summed E-state index contributed by atoms with van der Waals surface area (Å²) >= 11 is 0. The Labute approximate surface area is 204 Å². The van der Waals surface area contributed by atoms with Gasteiger partial charge in [-0.05, 0) is 82.0 Å². The zero-order valence-electron chi connectivity index (χ0n) is 21.8. The lowest BCUT2D eigenvalue weighted by molar-refractivity contribution is -0.419. The van der Waals surface area contributed by atoms with Crippen LogP contribution >= 0.6 is 0 Å². The van der Waals surface area contributed by atoms with Crippen molar-refractivity contribution in [3.8, 4) is 5.75 Å². The van der Waals surface area contributed by atoms with Crippen LogP contribution in [0.5, 0.6) is 5.75 Å². The average molecular weight is 480 g/mol. The lowest BCUT2D eigenvalue weighted by atomic mass is 9.89. The van der Waals surface area contributed by atoms with Crippen LogP contribution in [-0.4, -0.2) is 39.6 Å². The summed E-state index contributed by atoms with van der Waals surface area (Å²) in [5, 5.41) is 30.0. The van der Waals surface area contributed by atoms with Gasteiger partial charge in [0.2, 0.25) is 0 Å². The molecule has 194 valence electrons. The molecular formula is C27H45NO6. The second kappa shape index (κ2) is 12.3. The molecule has 4 N–H and O–H groups in total. The molecule has 2 bridgehead atoms. The van der Waals surface area contributed by atoms with Gasteiger partial charge in [0.05, 0.1) is 0 Å². The van der Waals surface area contributed by atoms with Gasteiger partial charge in [-0.3, -0.25) is 4.79 Å². The average Bonchev–Trinajstić information content (AvgIpc) is 3.26. The number of ether oxygens (including phenoxy) is 2. The first-order valence-electron chi connectivity index (χ1n) is 12.6. The molecule has 0 unspecified atom stereocenters. The largest absolute Gasteiger partial charge is 0.460 e. The Bertz CT molecular complexity index is 768. The number of rotatable bonds is 3. The summed E-state index contributed by atoms with van der Waals surface area (Å²) in [6.45, 7) is 11.9. The molecule has 4 atom stereocenters. The lowest BCUT2D eigenvalue weighted by Gasteiger charge is -2.22. The van der Waals surface area contributed by atoms with E-state index >= 15 is 0 Å². The Morgan fingerprint density at radius 3 is 2.06 bits per heavy atom. The Morgan fingerprint density at radius 2 is 1.65 bits per heavy atom. The minimum Gasteiger partial charge on any atom is -0.460 e. The number of benzene rings is 1. The van der Waals surface area contributed by atoms with E-state index < -0.39 is 6.16 Å². The van der Waals surface area contributed by atoms with Crippen molar-refractivity contribution in [1.29, 1.82) is 0 Å². The molecule has 7 heteroatoms. The van der Waals surface area contributed by atoms with Gasteiger partial charge in [0.15, 0.2) is 0 Å². The first-order chi connectivity index (χ1) is 15.7. The molecule has 1 aromatic carbocycles. The lowest BCUT2D eigenvalue weighted by Crippen LogP contribution is -2.35. The number of carbonyl (C=O) groups is 1. The number of aliphatic hydroxyl groups is 3. The van der Waals surface area contributed by atoms with Crippen LogP contribution in [0.15, 0.2) is 18.2 Å². The van der Waals surface area contributed by atoms with Gasteiger partial charge in [0.25, 0.3) is 0 Å². The van der Waals surface area contributed by atoms with Gasteiger partial charge < -0.3 is 30.1 Å². The van der Waals surface area contributed by atoms with Gasteiger partial charge >= 0.3 is 12.1 Å². The predicted octanol–water partition coefficient (Wildman–Crippen LogP) is 4.57. The molecule has 1 heterocycles. The molecule has 4 rings (SSSR count).